The Labute approximate surface area is 162 Å². The van der Waals surface area contributed by atoms with Crippen molar-refractivity contribution in [3.8, 4) is 6.07 Å². The van der Waals surface area contributed by atoms with Crippen LogP contribution in [0.1, 0.15) is 22.3 Å². The van der Waals surface area contributed by atoms with Crippen LogP contribution >= 0.6 is 11.8 Å². The number of hydrogen-bond acceptors (Lipinski definition) is 4. The monoisotopic (exact) mass is 373 g/mol. The highest BCUT2D eigenvalue weighted by Crippen LogP contribution is 2.26. The molecular weight excluding hydrogens is 354 g/mol. The van der Waals surface area contributed by atoms with Crippen LogP contribution in [0, 0.1) is 18.3 Å². The number of aryl methyl sites for hydroxylation is 1. The number of pyridine rings is 1. The minimum atomic E-state index is 0.0875. The molecule has 0 bridgehead atoms. The van der Waals surface area contributed by atoms with Gasteiger partial charge in [-0.2, -0.15) is 5.26 Å². The van der Waals surface area contributed by atoms with Gasteiger partial charge < -0.3 is 4.90 Å². The number of benzene rings is 2. The van der Waals surface area contributed by atoms with Crippen molar-refractivity contribution in [2.45, 2.75) is 24.9 Å². The smallest absolute Gasteiger partial charge is 0.233 e. The van der Waals surface area contributed by atoms with Gasteiger partial charge in [-0.1, -0.05) is 48.2 Å². The van der Waals surface area contributed by atoms with Crippen LogP contribution in [-0.4, -0.2) is 28.1 Å². The van der Waals surface area contributed by atoms with Gasteiger partial charge in [-0.25, -0.2) is 4.98 Å². The Morgan fingerprint density at radius 3 is 2.85 bits per heavy atom. The number of rotatable bonds is 3. The molecule has 0 N–H and O–H groups in total. The molecule has 0 fully saturated rings. The maximum absolute atomic E-state index is 12.7. The fourth-order valence-electron chi connectivity index (χ4n) is 3.38. The molecule has 0 aliphatic carbocycles. The fraction of sp³-hybridized carbons (Fsp3) is 0.227. The third-order valence-corrected chi connectivity index (χ3v) is 5.85. The van der Waals surface area contributed by atoms with Gasteiger partial charge in [0.15, 0.2) is 0 Å². The Kier molecular flexibility index (Phi) is 4.83. The third kappa shape index (κ3) is 3.67. The summed E-state index contributed by atoms with van der Waals surface area (Å²) >= 11 is 1.35. The number of nitrogens with zero attached hydrogens (tertiary/aromatic N) is 3. The summed E-state index contributed by atoms with van der Waals surface area (Å²) in [7, 11) is 0. The Bertz CT molecular complexity index is 1070. The summed E-state index contributed by atoms with van der Waals surface area (Å²) in [6, 6.07) is 18.3. The van der Waals surface area contributed by atoms with Gasteiger partial charge in [0.1, 0.15) is 11.1 Å². The molecule has 1 aliphatic rings. The number of fused-ring (bicyclic) bond motifs is 2. The van der Waals surface area contributed by atoms with Crippen LogP contribution in [0.25, 0.3) is 10.9 Å². The number of thioether (sulfide) groups is 1. The van der Waals surface area contributed by atoms with Crippen molar-refractivity contribution in [2.75, 3.05) is 12.3 Å². The number of carbonyl (C=O) groups is 1. The molecule has 27 heavy (non-hydrogen) atoms. The molecule has 2 heterocycles. The zero-order chi connectivity index (χ0) is 18.8. The highest BCUT2D eigenvalue weighted by Gasteiger charge is 2.21. The first kappa shape index (κ1) is 17.6. The van der Waals surface area contributed by atoms with Crippen molar-refractivity contribution in [3.05, 3.63) is 70.8 Å². The second kappa shape index (κ2) is 7.42. The van der Waals surface area contributed by atoms with Crippen molar-refractivity contribution in [1.29, 1.82) is 5.26 Å². The number of amides is 1. The van der Waals surface area contributed by atoms with E-state index in [1.165, 1.54) is 22.9 Å². The minimum absolute atomic E-state index is 0.0875. The van der Waals surface area contributed by atoms with Gasteiger partial charge >= 0.3 is 0 Å². The van der Waals surface area contributed by atoms with E-state index >= 15 is 0 Å². The van der Waals surface area contributed by atoms with Crippen LogP contribution in [0.5, 0.6) is 0 Å². The van der Waals surface area contributed by atoms with E-state index in [0.29, 0.717) is 22.9 Å². The molecule has 4 rings (SSSR count). The summed E-state index contributed by atoms with van der Waals surface area (Å²) in [5.41, 5.74) is 5.05. The highest BCUT2D eigenvalue weighted by atomic mass is 32.2. The van der Waals surface area contributed by atoms with E-state index < -0.39 is 0 Å². The maximum atomic E-state index is 12.7. The summed E-state index contributed by atoms with van der Waals surface area (Å²) in [5, 5.41) is 11.0. The third-order valence-electron chi connectivity index (χ3n) is 4.87. The topological polar surface area (TPSA) is 57.0 Å². The molecule has 0 radical (unpaired) electrons. The standard InChI is InChI=1S/C22H19N3OS/c1-15-6-7-17-11-19(12-23)22(24-20(17)10-15)27-14-21(26)25-9-8-16-4-2-3-5-18(16)13-25/h2-7,10-11H,8-9,13-14H2,1H3. The molecule has 1 aliphatic heterocycles. The lowest BCUT2D eigenvalue weighted by atomic mass is 10.00. The average molecular weight is 373 g/mol. The second-order valence-corrected chi connectivity index (χ2v) is 7.74. The molecule has 0 atom stereocenters. The van der Waals surface area contributed by atoms with E-state index in [1.807, 2.05) is 48.2 Å². The van der Waals surface area contributed by atoms with E-state index in [2.05, 4.69) is 23.2 Å². The summed E-state index contributed by atoms with van der Waals surface area (Å²) in [4.78, 5) is 19.2. The first-order valence-corrected chi connectivity index (χ1v) is 9.91. The highest BCUT2D eigenvalue weighted by molar-refractivity contribution is 8.00. The zero-order valence-corrected chi connectivity index (χ0v) is 15.9. The molecule has 0 saturated carbocycles. The predicted molar refractivity (Wildman–Crippen MR) is 107 cm³/mol. The largest absolute Gasteiger partial charge is 0.337 e. The van der Waals surface area contributed by atoms with Gasteiger partial charge in [0.05, 0.1) is 16.8 Å². The Morgan fingerprint density at radius 2 is 2.04 bits per heavy atom. The number of carbonyl (C=O) groups excluding carboxylic acids is 1. The molecule has 0 spiro atoms. The Balaban J connectivity index is 1.50. The van der Waals surface area contributed by atoms with Crippen molar-refractivity contribution in [2.24, 2.45) is 0 Å². The van der Waals surface area contributed by atoms with Gasteiger partial charge in [0, 0.05) is 18.5 Å². The van der Waals surface area contributed by atoms with Crippen LogP contribution in [0.4, 0.5) is 0 Å². The van der Waals surface area contributed by atoms with Crippen LogP contribution in [0.3, 0.4) is 0 Å². The number of hydrogen-bond donors (Lipinski definition) is 0. The van der Waals surface area contributed by atoms with E-state index in [1.54, 1.807) is 0 Å². The van der Waals surface area contributed by atoms with E-state index in [9.17, 15) is 10.1 Å². The van der Waals surface area contributed by atoms with E-state index in [4.69, 9.17) is 0 Å². The first-order chi connectivity index (χ1) is 13.1. The SMILES string of the molecule is Cc1ccc2cc(C#N)c(SCC(=O)N3CCc4ccccc4C3)nc2c1. The van der Waals surface area contributed by atoms with Crippen molar-refractivity contribution < 1.29 is 4.79 Å². The first-order valence-electron chi connectivity index (χ1n) is 8.93. The Morgan fingerprint density at radius 1 is 1.22 bits per heavy atom. The predicted octanol–water partition coefficient (Wildman–Crippen LogP) is 4.09. The van der Waals surface area contributed by atoms with Gasteiger partial charge in [-0.3, -0.25) is 4.79 Å². The molecule has 0 saturated heterocycles. The number of aromatic nitrogens is 1. The van der Waals surface area contributed by atoms with Crippen LogP contribution < -0.4 is 0 Å². The quantitative estimate of drug-likeness (QED) is 0.649. The Hall–Kier alpha value is -2.84. The normalized spacial score (nSPS) is 13.3. The molecule has 1 aromatic heterocycles. The van der Waals surface area contributed by atoms with Crippen LogP contribution in [0.15, 0.2) is 53.6 Å². The summed E-state index contributed by atoms with van der Waals surface area (Å²) < 4.78 is 0. The zero-order valence-electron chi connectivity index (χ0n) is 15.1. The molecule has 5 heteroatoms. The van der Waals surface area contributed by atoms with E-state index in [0.717, 1.165) is 29.4 Å². The lowest BCUT2D eigenvalue weighted by Gasteiger charge is -2.28. The minimum Gasteiger partial charge on any atom is -0.337 e. The van der Waals surface area contributed by atoms with Crippen molar-refractivity contribution in [3.63, 3.8) is 0 Å². The number of nitriles is 1. The van der Waals surface area contributed by atoms with Crippen molar-refractivity contribution in [1.82, 2.24) is 9.88 Å². The molecule has 1 amide bonds. The van der Waals surface area contributed by atoms with Gasteiger partial charge in [-0.05, 0) is 42.2 Å². The summed E-state index contributed by atoms with van der Waals surface area (Å²) in [5.74, 6) is 0.380. The molecule has 134 valence electrons. The maximum Gasteiger partial charge on any atom is 0.233 e. The lowest BCUT2D eigenvalue weighted by Crippen LogP contribution is -2.37. The average Bonchev–Trinajstić information content (AvgIpc) is 2.70. The summed E-state index contributed by atoms with van der Waals surface area (Å²) in [6.45, 7) is 3.42. The summed E-state index contributed by atoms with van der Waals surface area (Å²) in [6.07, 6.45) is 0.892. The molecule has 3 aromatic rings. The van der Waals surface area contributed by atoms with Crippen molar-refractivity contribution >= 4 is 28.6 Å². The van der Waals surface area contributed by atoms with Gasteiger partial charge in [0.25, 0.3) is 0 Å². The molecule has 4 nitrogen and oxygen atoms in total. The second-order valence-electron chi connectivity index (χ2n) is 6.77. The van der Waals surface area contributed by atoms with Gasteiger partial charge in [0.2, 0.25) is 5.91 Å². The van der Waals surface area contributed by atoms with Crippen LogP contribution in [0.2, 0.25) is 0 Å². The van der Waals surface area contributed by atoms with Gasteiger partial charge in [-0.15, -0.1) is 0 Å². The lowest BCUT2D eigenvalue weighted by molar-refractivity contribution is -0.129. The van der Waals surface area contributed by atoms with Crippen LogP contribution in [-0.2, 0) is 17.8 Å². The molecule has 2 aromatic carbocycles. The van der Waals surface area contributed by atoms with E-state index in [-0.39, 0.29) is 5.91 Å². The molecule has 0 unspecified atom stereocenters. The fourth-order valence-corrected chi connectivity index (χ4v) is 4.25. The molecular formula is C22H19N3OS.